The van der Waals surface area contributed by atoms with Gasteiger partial charge in [-0.1, -0.05) is 24.3 Å². The third-order valence-electron chi connectivity index (χ3n) is 3.22. The van der Waals surface area contributed by atoms with Crippen molar-refractivity contribution in [2.75, 3.05) is 31.2 Å². The van der Waals surface area contributed by atoms with Crippen LogP contribution >= 0.6 is 11.8 Å². The molecule has 1 heterocycles. The van der Waals surface area contributed by atoms with E-state index in [9.17, 15) is 9.59 Å². The molecule has 0 saturated heterocycles. The minimum absolute atomic E-state index is 0.0372. The van der Waals surface area contributed by atoms with Crippen molar-refractivity contribution in [2.24, 2.45) is 0 Å². The molecule has 0 fully saturated rings. The zero-order valence-corrected chi connectivity index (χ0v) is 15.2. The molecule has 1 aromatic heterocycles. The Kier molecular flexibility index (Phi) is 8.93. The van der Waals surface area contributed by atoms with E-state index in [1.807, 2.05) is 42.5 Å². The molecule has 26 heavy (non-hydrogen) atoms. The molecule has 0 unspecified atom stereocenters. The molecule has 0 radical (unpaired) electrons. The Hall–Kier alpha value is -2.67. The Morgan fingerprint density at radius 1 is 1.12 bits per heavy atom. The first-order valence-electron chi connectivity index (χ1n) is 8.23. The number of hydrogen-bond acceptors (Lipinski definition) is 5. The van der Waals surface area contributed by atoms with E-state index in [4.69, 9.17) is 9.15 Å². The highest BCUT2D eigenvalue weighted by atomic mass is 32.2. The Morgan fingerprint density at radius 2 is 1.96 bits per heavy atom. The van der Waals surface area contributed by atoms with Gasteiger partial charge < -0.3 is 19.8 Å². The van der Waals surface area contributed by atoms with Crippen molar-refractivity contribution in [3.63, 3.8) is 0 Å². The number of rotatable bonds is 11. The van der Waals surface area contributed by atoms with Gasteiger partial charge >= 0.3 is 0 Å². The average molecular weight is 374 g/mol. The molecular formula is C19H22N2O4S. The van der Waals surface area contributed by atoms with E-state index < -0.39 is 0 Å². The summed E-state index contributed by atoms with van der Waals surface area (Å²) in [5, 5.41) is 5.56. The molecule has 0 aliphatic carbocycles. The van der Waals surface area contributed by atoms with Crippen LogP contribution < -0.4 is 15.4 Å². The number of amides is 2. The number of carbonyl (C=O) groups excluding carboxylic acids is 2. The van der Waals surface area contributed by atoms with E-state index in [0.29, 0.717) is 36.8 Å². The van der Waals surface area contributed by atoms with Gasteiger partial charge in [-0.2, -0.15) is 11.8 Å². The molecular weight excluding hydrogens is 352 g/mol. The van der Waals surface area contributed by atoms with Crippen LogP contribution in [0.5, 0.6) is 5.75 Å². The molecule has 7 heteroatoms. The fourth-order valence-corrected chi connectivity index (χ4v) is 2.61. The lowest BCUT2D eigenvalue weighted by atomic mass is 10.3. The van der Waals surface area contributed by atoms with Crippen LogP contribution in [-0.4, -0.2) is 43.0 Å². The van der Waals surface area contributed by atoms with Gasteiger partial charge in [0.1, 0.15) is 18.6 Å². The van der Waals surface area contributed by atoms with Gasteiger partial charge in [-0.3, -0.25) is 9.59 Å². The minimum atomic E-state index is -0.174. The lowest BCUT2D eigenvalue weighted by Crippen LogP contribution is -2.27. The molecule has 1 aromatic carbocycles. The number of hydrogen-bond donors (Lipinski definition) is 2. The standard InChI is InChI=1S/C19H22N2O4S/c22-18(15-26-13-10-21-19(23)16-8-12-24-14-16)20-9-4-5-11-25-17-6-2-1-3-7-17/h1-8,12,14H,9-11,13,15H2,(H,20,22)(H,21,23)/b5-4-. The fraction of sp³-hybridized carbons (Fsp3) is 0.263. The number of benzene rings is 1. The molecule has 0 spiro atoms. The van der Waals surface area contributed by atoms with Crippen molar-refractivity contribution in [1.29, 1.82) is 0 Å². The summed E-state index contributed by atoms with van der Waals surface area (Å²) in [7, 11) is 0. The Labute approximate surface area is 157 Å². The molecule has 0 aliphatic rings. The smallest absolute Gasteiger partial charge is 0.254 e. The SMILES string of the molecule is O=C(CSCCNC(=O)c1ccoc1)NC/C=C\COc1ccccc1. The van der Waals surface area contributed by atoms with Gasteiger partial charge in [0, 0.05) is 18.8 Å². The average Bonchev–Trinajstić information content (AvgIpc) is 3.20. The predicted octanol–water partition coefficient (Wildman–Crippen LogP) is 2.49. The van der Waals surface area contributed by atoms with Gasteiger partial charge in [0.05, 0.1) is 17.6 Å². The van der Waals surface area contributed by atoms with Crippen LogP contribution in [0.15, 0.2) is 65.5 Å². The van der Waals surface area contributed by atoms with Crippen molar-refractivity contribution in [2.45, 2.75) is 0 Å². The quantitative estimate of drug-likeness (QED) is 0.467. The van der Waals surface area contributed by atoms with Gasteiger partial charge in [-0.15, -0.1) is 0 Å². The first kappa shape index (κ1) is 19.7. The summed E-state index contributed by atoms with van der Waals surface area (Å²) in [6, 6.07) is 11.2. The van der Waals surface area contributed by atoms with Gasteiger partial charge in [0.25, 0.3) is 5.91 Å². The summed E-state index contributed by atoms with van der Waals surface area (Å²) in [5.41, 5.74) is 0.496. The third-order valence-corrected chi connectivity index (χ3v) is 4.18. The Balaban J connectivity index is 1.45. The van der Waals surface area contributed by atoms with E-state index in [0.717, 1.165) is 5.75 Å². The maximum Gasteiger partial charge on any atom is 0.254 e. The maximum atomic E-state index is 11.7. The van der Waals surface area contributed by atoms with Crippen LogP contribution in [-0.2, 0) is 4.79 Å². The van der Waals surface area contributed by atoms with Crippen molar-refractivity contribution >= 4 is 23.6 Å². The summed E-state index contributed by atoms with van der Waals surface area (Å²) in [5.74, 6) is 1.63. The zero-order chi connectivity index (χ0) is 18.5. The van der Waals surface area contributed by atoms with Crippen LogP contribution in [0.4, 0.5) is 0 Å². The molecule has 2 amide bonds. The second kappa shape index (κ2) is 11.8. The summed E-state index contributed by atoms with van der Waals surface area (Å²) in [6.45, 7) is 1.43. The van der Waals surface area contributed by atoms with E-state index >= 15 is 0 Å². The van der Waals surface area contributed by atoms with Gasteiger partial charge in [0.2, 0.25) is 5.91 Å². The van der Waals surface area contributed by atoms with Crippen molar-refractivity contribution < 1.29 is 18.7 Å². The molecule has 2 N–H and O–H groups in total. The van der Waals surface area contributed by atoms with E-state index in [1.54, 1.807) is 6.07 Å². The number of nitrogens with one attached hydrogen (secondary N) is 2. The zero-order valence-electron chi connectivity index (χ0n) is 14.4. The molecule has 6 nitrogen and oxygen atoms in total. The highest BCUT2D eigenvalue weighted by Crippen LogP contribution is 2.07. The topological polar surface area (TPSA) is 80.6 Å². The second-order valence-corrected chi connectivity index (χ2v) is 6.33. The molecule has 138 valence electrons. The van der Waals surface area contributed by atoms with Gasteiger partial charge in [0.15, 0.2) is 0 Å². The van der Waals surface area contributed by atoms with Crippen LogP contribution in [0.3, 0.4) is 0 Å². The van der Waals surface area contributed by atoms with Crippen molar-refractivity contribution in [3.05, 3.63) is 66.6 Å². The summed E-state index contributed by atoms with van der Waals surface area (Å²) in [6.07, 6.45) is 6.58. The van der Waals surface area contributed by atoms with E-state index in [-0.39, 0.29) is 11.8 Å². The molecule has 0 aliphatic heterocycles. The summed E-state index contributed by atoms with van der Waals surface area (Å²) >= 11 is 1.47. The number of thioether (sulfide) groups is 1. The molecule has 0 saturated carbocycles. The lowest BCUT2D eigenvalue weighted by molar-refractivity contribution is -0.118. The Bertz CT molecular complexity index is 687. The van der Waals surface area contributed by atoms with Crippen molar-refractivity contribution in [1.82, 2.24) is 10.6 Å². The first-order chi connectivity index (χ1) is 12.8. The lowest BCUT2D eigenvalue weighted by Gasteiger charge is -2.04. The third kappa shape index (κ3) is 7.94. The second-order valence-electron chi connectivity index (χ2n) is 5.22. The van der Waals surface area contributed by atoms with Crippen LogP contribution in [0.1, 0.15) is 10.4 Å². The largest absolute Gasteiger partial charge is 0.490 e. The van der Waals surface area contributed by atoms with Gasteiger partial charge in [-0.05, 0) is 24.3 Å². The molecule has 2 rings (SSSR count). The van der Waals surface area contributed by atoms with Crippen LogP contribution in [0.2, 0.25) is 0 Å². The monoisotopic (exact) mass is 374 g/mol. The predicted molar refractivity (Wildman–Crippen MR) is 102 cm³/mol. The number of ether oxygens (including phenoxy) is 1. The number of furan rings is 1. The first-order valence-corrected chi connectivity index (χ1v) is 9.39. The minimum Gasteiger partial charge on any atom is -0.490 e. The highest BCUT2D eigenvalue weighted by molar-refractivity contribution is 7.99. The van der Waals surface area contributed by atoms with Gasteiger partial charge in [-0.25, -0.2) is 0 Å². The number of carbonyl (C=O) groups is 2. The van der Waals surface area contributed by atoms with Crippen LogP contribution in [0, 0.1) is 0 Å². The molecule has 0 atom stereocenters. The Morgan fingerprint density at radius 3 is 2.73 bits per heavy atom. The van der Waals surface area contributed by atoms with E-state index in [2.05, 4.69) is 10.6 Å². The summed E-state index contributed by atoms with van der Waals surface area (Å²) < 4.78 is 10.4. The van der Waals surface area contributed by atoms with Crippen LogP contribution in [0.25, 0.3) is 0 Å². The maximum absolute atomic E-state index is 11.7. The van der Waals surface area contributed by atoms with Crippen molar-refractivity contribution in [3.8, 4) is 5.75 Å². The molecule has 0 bridgehead atoms. The number of para-hydroxylation sites is 1. The van der Waals surface area contributed by atoms with E-state index in [1.165, 1.54) is 24.3 Å². The summed E-state index contributed by atoms with van der Waals surface area (Å²) in [4.78, 5) is 23.3. The molecule has 2 aromatic rings. The highest BCUT2D eigenvalue weighted by Gasteiger charge is 2.05. The normalized spacial score (nSPS) is 10.6. The fourth-order valence-electron chi connectivity index (χ4n) is 1.93.